The van der Waals surface area contributed by atoms with Crippen molar-refractivity contribution < 1.29 is 5.11 Å². The molecule has 0 aliphatic carbocycles. The van der Waals surface area contributed by atoms with Gasteiger partial charge >= 0.3 is 0 Å². The van der Waals surface area contributed by atoms with E-state index in [2.05, 4.69) is 32.1 Å². The van der Waals surface area contributed by atoms with Gasteiger partial charge in [0.15, 0.2) is 0 Å². The van der Waals surface area contributed by atoms with Crippen molar-refractivity contribution in [1.29, 1.82) is 0 Å². The van der Waals surface area contributed by atoms with Gasteiger partial charge in [-0.2, -0.15) is 15.0 Å². The van der Waals surface area contributed by atoms with E-state index in [1.54, 1.807) is 0 Å². The molecule has 1 aliphatic heterocycles. The Kier molecular flexibility index (Phi) is 5.98. The minimum Gasteiger partial charge on any atom is -0.396 e. The predicted octanol–water partition coefficient (Wildman–Crippen LogP) is 1.26. The molecule has 1 atom stereocenters. The predicted molar refractivity (Wildman–Crippen MR) is 84.3 cm³/mol. The zero-order valence-electron chi connectivity index (χ0n) is 12.8. The maximum Gasteiger partial charge on any atom is 0.231 e. The van der Waals surface area contributed by atoms with Crippen molar-refractivity contribution in [3.05, 3.63) is 0 Å². The van der Waals surface area contributed by atoms with Gasteiger partial charge in [-0.1, -0.05) is 13.3 Å². The largest absolute Gasteiger partial charge is 0.396 e. The third-order valence-electron chi connectivity index (χ3n) is 3.94. The molecule has 2 rings (SSSR count). The Bertz CT molecular complexity index is 435. The van der Waals surface area contributed by atoms with Crippen molar-refractivity contribution in [3.8, 4) is 0 Å². The Labute approximate surface area is 126 Å². The summed E-state index contributed by atoms with van der Waals surface area (Å²) in [6.45, 7) is 5.01. The number of piperidine rings is 1. The van der Waals surface area contributed by atoms with Crippen LogP contribution < -0.4 is 16.0 Å². The molecule has 2 heterocycles. The van der Waals surface area contributed by atoms with Gasteiger partial charge in [0.05, 0.1) is 0 Å². The molecule has 7 heteroatoms. The summed E-state index contributed by atoms with van der Waals surface area (Å²) in [7, 11) is 0. The molecule has 21 heavy (non-hydrogen) atoms. The van der Waals surface area contributed by atoms with E-state index in [-0.39, 0.29) is 12.6 Å². The van der Waals surface area contributed by atoms with Gasteiger partial charge in [-0.25, -0.2) is 0 Å². The molecule has 7 nitrogen and oxygen atoms in total. The zero-order chi connectivity index (χ0) is 15.1. The van der Waals surface area contributed by atoms with Crippen LogP contribution in [0, 0.1) is 5.92 Å². The van der Waals surface area contributed by atoms with Crippen LogP contribution in [0.2, 0.25) is 0 Å². The second kappa shape index (κ2) is 7.97. The molecule has 1 aliphatic rings. The van der Waals surface area contributed by atoms with Gasteiger partial charge in [0, 0.05) is 26.2 Å². The first kappa shape index (κ1) is 15.8. The minimum atomic E-state index is 0.207. The molecule has 1 fully saturated rings. The molecular formula is C14H26N6O. The molecule has 0 bridgehead atoms. The first-order valence-corrected chi connectivity index (χ1v) is 7.84. The molecule has 1 aromatic heterocycles. The summed E-state index contributed by atoms with van der Waals surface area (Å²) in [5, 5.41) is 12.2. The lowest BCUT2D eigenvalue weighted by atomic mass is 10.0. The molecule has 1 unspecified atom stereocenters. The second-order valence-electron chi connectivity index (χ2n) is 5.53. The molecule has 1 aromatic rings. The van der Waals surface area contributed by atoms with E-state index in [1.807, 2.05) is 0 Å². The van der Waals surface area contributed by atoms with Crippen LogP contribution in [-0.4, -0.2) is 46.3 Å². The van der Waals surface area contributed by atoms with E-state index >= 15 is 0 Å². The third-order valence-corrected chi connectivity index (χ3v) is 3.94. The Hall–Kier alpha value is -1.63. The summed E-state index contributed by atoms with van der Waals surface area (Å²) in [6, 6.07) is 0. The number of nitrogen functional groups attached to an aromatic ring is 1. The minimum absolute atomic E-state index is 0.207. The van der Waals surface area contributed by atoms with Crippen molar-refractivity contribution in [2.24, 2.45) is 5.92 Å². The number of anilines is 3. The average molecular weight is 294 g/mol. The maximum absolute atomic E-state index is 9.03. The molecule has 0 spiro atoms. The maximum atomic E-state index is 9.03. The first-order chi connectivity index (χ1) is 10.2. The normalized spacial score (nSPS) is 16.8. The van der Waals surface area contributed by atoms with Crippen molar-refractivity contribution >= 4 is 17.8 Å². The second-order valence-corrected chi connectivity index (χ2v) is 5.53. The molecule has 118 valence electrons. The van der Waals surface area contributed by atoms with Crippen LogP contribution in [0.4, 0.5) is 17.8 Å². The first-order valence-electron chi connectivity index (χ1n) is 7.84. The topological polar surface area (TPSA) is 100 Å². The summed E-state index contributed by atoms with van der Waals surface area (Å²) in [5.41, 5.74) is 5.79. The molecule has 1 saturated heterocycles. The Balaban J connectivity index is 2.00. The van der Waals surface area contributed by atoms with Crippen molar-refractivity contribution in [2.45, 2.75) is 39.0 Å². The van der Waals surface area contributed by atoms with E-state index in [0.717, 1.165) is 32.5 Å². The van der Waals surface area contributed by atoms with Crippen LogP contribution in [0.3, 0.4) is 0 Å². The van der Waals surface area contributed by atoms with E-state index in [4.69, 9.17) is 10.8 Å². The van der Waals surface area contributed by atoms with Crippen LogP contribution in [-0.2, 0) is 0 Å². The monoisotopic (exact) mass is 294 g/mol. The fraction of sp³-hybridized carbons (Fsp3) is 0.786. The number of nitrogens with one attached hydrogen (secondary N) is 1. The highest BCUT2D eigenvalue weighted by Crippen LogP contribution is 2.18. The van der Waals surface area contributed by atoms with Gasteiger partial charge in [-0.05, 0) is 31.6 Å². The standard InChI is InChI=1S/C14H26N6O/c1-2-11(6-9-21)10-16-13-17-12(15)18-14(19-13)20-7-4-3-5-8-20/h11,21H,2-10H2,1H3,(H3,15,16,17,18,19). The lowest BCUT2D eigenvalue weighted by Crippen LogP contribution is -2.31. The van der Waals surface area contributed by atoms with Gasteiger partial charge in [-0.3, -0.25) is 0 Å². The number of nitrogens with two attached hydrogens (primary N) is 1. The lowest BCUT2D eigenvalue weighted by molar-refractivity contribution is 0.258. The number of nitrogens with zero attached hydrogens (tertiary/aromatic N) is 4. The smallest absolute Gasteiger partial charge is 0.231 e. The van der Waals surface area contributed by atoms with Crippen LogP contribution in [0.5, 0.6) is 0 Å². The van der Waals surface area contributed by atoms with E-state index in [0.29, 0.717) is 17.8 Å². The molecule has 0 amide bonds. The Morgan fingerprint density at radius 3 is 2.67 bits per heavy atom. The summed E-state index contributed by atoms with van der Waals surface area (Å²) >= 11 is 0. The molecule has 0 aromatic carbocycles. The van der Waals surface area contributed by atoms with E-state index in [1.165, 1.54) is 19.3 Å². The number of hydrogen-bond acceptors (Lipinski definition) is 7. The van der Waals surface area contributed by atoms with Crippen molar-refractivity contribution in [2.75, 3.05) is 42.2 Å². The average Bonchev–Trinajstić information content (AvgIpc) is 2.52. The molecule has 0 saturated carbocycles. The fourth-order valence-electron chi connectivity index (χ4n) is 2.56. The van der Waals surface area contributed by atoms with Gasteiger partial charge < -0.3 is 21.1 Å². The summed E-state index contributed by atoms with van der Waals surface area (Å²) < 4.78 is 0. The number of rotatable bonds is 7. The van der Waals surface area contributed by atoms with E-state index < -0.39 is 0 Å². The van der Waals surface area contributed by atoms with Gasteiger partial charge in [0.25, 0.3) is 0 Å². The summed E-state index contributed by atoms with van der Waals surface area (Å²) in [4.78, 5) is 15.0. The van der Waals surface area contributed by atoms with Crippen LogP contribution in [0.15, 0.2) is 0 Å². The van der Waals surface area contributed by atoms with Crippen molar-refractivity contribution in [3.63, 3.8) is 0 Å². The highest BCUT2D eigenvalue weighted by molar-refractivity contribution is 5.42. The fourth-order valence-corrected chi connectivity index (χ4v) is 2.56. The SMILES string of the molecule is CCC(CCO)CNc1nc(N)nc(N2CCCCC2)n1. The Morgan fingerprint density at radius 2 is 2.00 bits per heavy atom. The lowest BCUT2D eigenvalue weighted by Gasteiger charge is -2.26. The quantitative estimate of drug-likeness (QED) is 0.696. The molecule has 4 N–H and O–H groups in total. The molecular weight excluding hydrogens is 268 g/mol. The van der Waals surface area contributed by atoms with Gasteiger partial charge in [0.2, 0.25) is 17.8 Å². The van der Waals surface area contributed by atoms with Crippen LogP contribution in [0.1, 0.15) is 39.0 Å². The van der Waals surface area contributed by atoms with Crippen molar-refractivity contribution in [1.82, 2.24) is 15.0 Å². The number of aliphatic hydroxyl groups is 1. The Morgan fingerprint density at radius 1 is 1.24 bits per heavy atom. The summed E-state index contributed by atoms with van der Waals surface area (Å²) in [5.74, 6) is 1.86. The third kappa shape index (κ3) is 4.70. The zero-order valence-corrected chi connectivity index (χ0v) is 12.8. The van der Waals surface area contributed by atoms with Crippen LogP contribution in [0.25, 0.3) is 0 Å². The number of hydrogen-bond donors (Lipinski definition) is 3. The van der Waals surface area contributed by atoms with Gasteiger partial charge in [-0.15, -0.1) is 0 Å². The highest BCUT2D eigenvalue weighted by atomic mass is 16.3. The molecule has 0 radical (unpaired) electrons. The van der Waals surface area contributed by atoms with Gasteiger partial charge in [0.1, 0.15) is 0 Å². The van der Waals surface area contributed by atoms with E-state index in [9.17, 15) is 0 Å². The van der Waals surface area contributed by atoms with Crippen LogP contribution >= 0.6 is 0 Å². The highest BCUT2D eigenvalue weighted by Gasteiger charge is 2.16. The number of aromatic nitrogens is 3. The number of aliphatic hydroxyl groups excluding tert-OH is 1. The summed E-state index contributed by atoms with van der Waals surface area (Å²) in [6.07, 6.45) is 5.39.